The molecule has 70 valence electrons. The Bertz CT molecular complexity index is 296. The van der Waals surface area contributed by atoms with E-state index in [0.29, 0.717) is 0 Å². The van der Waals surface area contributed by atoms with E-state index in [1.165, 1.54) is 0 Å². The van der Waals surface area contributed by atoms with Gasteiger partial charge in [-0.2, -0.15) is 0 Å². The Balaban J connectivity index is 2.01. The van der Waals surface area contributed by atoms with Gasteiger partial charge in [0.25, 0.3) is 0 Å². The molecule has 5 atom stereocenters. The van der Waals surface area contributed by atoms with Crippen LogP contribution in [0.15, 0.2) is 0 Å². The van der Waals surface area contributed by atoms with Crippen LogP contribution in [0.3, 0.4) is 0 Å². The van der Waals surface area contributed by atoms with Gasteiger partial charge in [0, 0.05) is 17.8 Å². The Morgan fingerprint density at radius 1 is 1.46 bits per heavy atom. The Labute approximate surface area is 74.9 Å². The van der Waals surface area contributed by atoms with Crippen LogP contribution in [-0.4, -0.2) is 18.0 Å². The molecule has 0 N–H and O–H groups in total. The van der Waals surface area contributed by atoms with Crippen LogP contribution in [0.2, 0.25) is 0 Å². The van der Waals surface area contributed by atoms with Gasteiger partial charge in [-0.25, -0.2) is 0 Å². The molecule has 13 heavy (non-hydrogen) atoms. The first-order chi connectivity index (χ1) is 6.18. The molecule has 0 unspecified atom stereocenters. The van der Waals surface area contributed by atoms with Crippen LogP contribution >= 0.6 is 0 Å². The predicted molar refractivity (Wildman–Crippen MR) is 38.1 cm³/mol. The first-order valence-electron chi connectivity index (χ1n) is 4.60. The van der Waals surface area contributed by atoms with E-state index >= 15 is 0 Å². The average Bonchev–Trinajstić information content (AvgIpc) is 2.60. The number of ether oxygens (including phenoxy) is 1. The second-order valence-corrected chi connectivity index (χ2v) is 4.24. The molecular weight excluding hydrogens is 172 g/mol. The predicted octanol–water partition coefficient (Wildman–Crippen LogP) is -1.07. The number of fused-ring (bicyclic) bond motifs is 1. The summed E-state index contributed by atoms with van der Waals surface area (Å²) in [4.78, 5) is 22.1. The number of carbonyl (C=O) groups excluding carboxylic acids is 2. The Morgan fingerprint density at radius 2 is 2.23 bits per heavy atom. The standard InChI is InChI=1S/C9H10O4/c10-8(11)6-3-1-4-5(2-3)13-9(12)7(4)6/h3-7H,1-2H2,(H,10,11)/p-1/t3-,4+,5-,6-,7+/m1/s1. The van der Waals surface area contributed by atoms with Crippen molar-refractivity contribution in [2.24, 2.45) is 23.7 Å². The zero-order valence-electron chi connectivity index (χ0n) is 6.93. The van der Waals surface area contributed by atoms with Crippen molar-refractivity contribution in [3.8, 4) is 0 Å². The third-order valence-corrected chi connectivity index (χ3v) is 3.76. The molecule has 1 saturated heterocycles. The summed E-state index contributed by atoms with van der Waals surface area (Å²) in [6.45, 7) is 0. The van der Waals surface area contributed by atoms with Crippen LogP contribution in [-0.2, 0) is 14.3 Å². The molecule has 0 aromatic heterocycles. The summed E-state index contributed by atoms with van der Waals surface area (Å²) < 4.78 is 5.09. The Morgan fingerprint density at radius 3 is 2.92 bits per heavy atom. The fraction of sp³-hybridized carbons (Fsp3) is 0.778. The Kier molecular flexibility index (Phi) is 1.16. The van der Waals surface area contributed by atoms with Crippen molar-refractivity contribution in [3.05, 3.63) is 0 Å². The van der Waals surface area contributed by atoms with Crippen molar-refractivity contribution in [1.29, 1.82) is 0 Å². The highest BCUT2D eigenvalue weighted by Crippen LogP contribution is 2.57. The lowest BCUT2D eigenvalue weighted by Gasteiger charge is -2.24. The number of esters is 1. The molecule has 2 aliphatic carbocycles. The van der Waals surface area contributed by atoms with Crippen molar-refractivity contribution in [2.45, 2.75) is 18.9 Å². The summed E-state index contributed by atoms with van der Waals surface area (Å²) >= 11 is 0. The number of aliphatic carboxylic acids is 1. The van der Waals surface area contributed by atoms with Crippen LogP contribution in [0.5, 0.6) is 0 Å². The number of carbonyl (C=O) groups is 2. The van der Waals surface area contributed by atoms with E-state index in [0.717, 1.165) is 12.8 Å². The lowest BCUT2D eigenvalue weighted by Crippen LogP contribution is -2.40. The van der Waals surface area contributed by atoms with Gasteiger partial charge < -0.3 is 14.6 Å². The molecule has 0 radical (unpaired) electrons. The van der Waals surface area contributed by atoms with Gasteiger partial charge in [-0.1, -0.05) is 0 Å². The largest absolute Gasteiger partial charge is 0.550 e. The average molecular weight is 181 g/mol. The van der Waals surface area contributed by atoms with Crippen molar-refractivity contribution >= 4 is 11.9 Å². The van der Waals surface area contributed by atoms with Crippen molar-refractivity contribution in [3.63, 3.8) is 0 Å². The van der Waals surface area contributed by atoms with Crippen LogP contribution in [0.1, 0.15) is 12.8 Å². The first kappa shape index (κ1) is 7.35. The molecule has 1 aliphatic heterocycles. The summed E-state index contributed by atoms with van der Waals surface area (Å²) in [6.07, 6.45) is 1.57. The van der Waals surface area contributed by atoms with Gasteiger partial charge in [0.05, 0.1) is 5.92 Å². The molecule has 3 aliphatic rings. The zero-order valence-corrected chi connectivity index (χ0v) is 6.93. The van der Waals surface area contributed by atoms with E-state index in [-0.39, 0.29) is 23.9 Å². The van der Waals surface area contributed by atoms with Crippen molar-refractivity contribution in [1.82, 2.24) is 0 Å². The van der Waals surface area contributed by atoms with Crippen LogP contribution in [0.25, 0.3) is 0 Å². The summed E-state index contributed by atoms with van der Waals surface area (Å²) in [6, 6.07) is 0. The normalized spacial score (nSPS) is 51.1. The van der Waals surface area contributed by atoms with Crippen LogP contribution < -0.4 is 5.11 Å². The molecule has 4 nitrogen and oxygen atoms in total. The molecule has 3 fully saturated rings. The third-order valence-electron chi connectivity index (χ3n) is 3.76. The van der Waals surface area contributed by atoms with Gasteiger partial charge in [0.15, 0.2) is 0 Å². The summed E-state index contributed by atoms with van der Waals surface area (Å²) in [5.74, 6) is -2.07. The number of rotatable bonds is 1. The minimum atomic E-state index is -1.07. The fourth-order valence-corrected chi connectivity index (χ4v) is 3.33. The number of carboxylic acids is 1. The molecule has 0 amide bonds. The van der Waals surface area contributed by atoms with Gasteiger partial charge >= 0.3 is 5.97 Å². The topological polar surface area (TPSA) is 66.4 Å². The molecule has 0 aromatic carbocycles. The highest BCUT2D eigenvalue weighted by Gasteiger charge is 2.62. The third kappa shape index (κ3) is 0.716. The lowest BCUT2D eigenvalue weighted by molar-refractivity contribution is -0.314. The maximum atomic E-state index is 11.3. The number of carboxylic acid groups (broad SMARTS) is 1. The molecule has 0 aromatic rings. The van der Waals surface area contributed by atoms with Crippen molar-refractivity contribution in [2.75, 3.05) is 0 Å². The van der Waals surface area contributed by atoms with E-state index in [9.17, 15) is 14.7 Å². The molecule has 1 heterocycles. The van der Waals surface area contributed by atoms with E-state index in [1.807, 2.05) is 0 Å². The summed E-state index contributed by atoms with van der Waals surface area (Å²) in [5.41, 5.74) is 0. The van der Waals surface area contributed by atoms with E-state index < -0.39 is 17.8 Å². The molecule has 4 heteroatoms. The van der Waals surface area contributed by atoms with Gasteiger partial charge in [-0.05, 0) is 18.8 Å². The van der Waals surface area contributed by atoms with Gasteiger partial charge in [-0.3, -0.25) is 4.79 Å². The van der Waals surface area contributed by atoms with E-state index in [1.54, 1.807) is 0 Å². The minimum Gasteiger partial charge on any atom is -0.550 e. The smallest absolute Gasteiger partial charge is 0.310 e. The van der Waals surface area contributed by atoms with Gasteiger partial charge in [0.1, 0.15) is 6.10 Å². The molecular formula is C9H9O4-. The second-order valence-electron chi connectivity index (χ2n) is 4.24. The van der Waals surface area contributed by atoms with E-state index in [4.69, 9.17) is 4.74 Å². The first-order valence-corrected chi connectivity index (χ1v) is 4.60. The summed E-state index contributed by atoms with van der Waals surface area (Å²) in [5, 5.41) is 10.8. The van der Waals surface area contributed by atoms with E-state index in [2.05, 4.69) is 0 Å². The maximum Gasteiger partial charge on any atom is 0.310 e. The fourth-order valence-electron chi connectivity index (χ4n) is 3.33. The summed E-state index contributed by atoms with van der Waals surface area (Å²) in [7, 11) is 0. The zero-order chi connectivity index (χ0) is 9.16. The molecule has 2 saturated carbocycles. The second kappa shape index (κ2) is 2.05. The number of hydrogen-bond donors (Lipinski definition) is 0. The highest BCUT2D eigenvalue weighted by atomic mass is 16.6. The molecule has 0 spiro atoms. The maximum absolute atomic E-state index is 11.3. The quantitative estimate of drug-likeness (QED) is 0.483. The van der Waals surface area contributed by atoms with Gasteiger partial charge in [-0.15, -0.1) is 0 Å². The SMILES string of the molecule is O=C([O-])[C@@H]1[C@@H]2C[C@@H]3[C@@H]1C(=O)O[C@@H]3C2. The minimum absolute atomic E-state index is 0.0121. The molecule has 3 rings (SSSR count). The lowest BCUT2D eigenvalue weighted by atomic mass is 9.80. The number of hydrogen-bond acceptors (Lipinski definition) is 4. The van der Waals surface area contributed by atoms with Crippen LogP contribution in [0, 0.1) is 23.7 Å². The van der Waals surface area contributed by atoms with Gasteiger partial charge in [0.2, 0.25) is 0 Å². The van der Waals surface area contributed by atoms with Crippen molar-refractivity contribution < 1.29 is 19.4 Å². The monoisotopic (exact) mass is 181 g/mol. The Hall–Kier alpha value is -1.06. The van der Waals surface area contributed by atoms with Crippen LogP contribution in [0.4, 0.5) is 0 Å². The molecule has 2 bridgehead atoms. The highest BCUT2D eigenvalue weighted by molar-refractivity contribution is 5.84.